The molecular weight excluding hydrogens is 244 g/mol. The van der Waals surface area contributed by atoms with E-state index in [-0.39, 0.29) is 12.1 Å². The molecule has 2 nitrogen and oxygen atoms in total. The topological polar surface area (TPSA) is 26.3 Å². The molecular formula is C15H20O2S. The zero-order chi connectivity index (χ0) is 13.1. The minimum atomic E-state index is -0.213. The third kappa shape index (κ3) is 3.29. The first-order chi connectivity index (χ1) is 8.56. The predicted octanol–water partition coefficient (Wildman–Crippen LogP) is 3.96. The Kier molecular flexibility index (Phi) is 4.33. The summed E-state index contributed by atoms with van der Waals surface area (Å²) < 4.78 is 5.57. The third-order valence-corrected chi connectivity index (χ3v) is 4.22. The van der Waals surface area contributed by atoms with Gasteiger partial charge in [-0.1, -0.05) is 13.8 Å². The first kappa shape index (κ1) is 13.5. The standard InChI is InChI=1S/C15H20O2S/c1-10-3-6-13(9-11(10)2)17-15(16)12-4-7-14(18)8-5-12/h4-5,7-8,10-11,13,18H,3,6,9H2,1-2H3. The van der Waals surface area contributed by atoms with Crippen molar-refractivity contribution in [3.05, 3.63) is 29.8 Å². The molecule has 3 heteroatoms. The Morgan fingerprint density at radius 1 is 1.17 bits per heavy atom. The number of hydrogen-bond donors (Lipinski definition) is 1. The maximum Gasteiger partial charge on any atom is 0.338 e. The van der Waals surface area contributed by atoms with E-state index in [2.05, 4.69) is 26.5 Å². The predicted molar refractivity (Wildman–Crippen MR) is 75.1 cm³/mol. The molecule has 0 bridgehead atoms. The fraction of sp³-hybridized carbons (Fsp3) is 0.533. The zero-order valence-corrected chi connectivity index (χ0v) is 11.8. The van der Waals surface area contributed by atoms with Crippen LogP contribution in [0.1, 0.15) is 43.5 Å². The van der Waals surface area contributed by atoms with Gasteiger partial charge in [0.25, 0.3) is 0 Å². The van der Waals surface area contributed by atoms with Crippen LogP contribution in [0.2, 0.25) is 0 Å². The minimum absolute atomic E-state index is 0.0828. The summed E-state index contributed by atoms with van der Waals surface area (Å²) in [7, 11) is 0. The van der Waals surface area contributed by atoms with Crippen molar-refractivity contribution >= 4 is 18.6 Å². The Morgan fingerprint density at radius 2 is 1.83 bits per heavy atom. The van der Waals surface area contributed by atoms with Gasteiger partial charge >= 0.3 is 5.97 Å². The van der Waals surface area contributed by atoms with Gasteiger partial charge in [-0.05, 0) is 55.4 Å². The lowest BCUT2D eigenvalue weighted by Crippen LogP contribution is -2.28. The fourth-order valence-corrected chi connectivity index (χ4v) is 2.57. The molecule has 1 fully saturated rings. The lowest BCUT2D eigenvalue weighted by Gasteiger charge is -2.31. The third-order valence-electron chi connectivity index (χ3n) is 3.93. The van der Waals surface area contributed by atoms with Crippen LogP contribution in [0.25, 0.3) is 0 Å². The Bertz CT molecular complexity index is 413. The van der Waals surface area contributed by atoms with Crippen LogP contribution in [-0.2, 0) is 4.74 Å². The van der Waals surface area contributed by atoms with Crippen LogP contribution < -0.4 is 0 Å². The molecule has 1 aromatic carbocycles. The van der Waals surface area contributed by atoms with E-state index >= 15 is 0 Å². The van der Waals surface area contributed by atoms with Crippen LogP contribution in [0.3, 0.4) is 0 Å². The van der Waals surface area contributed by atoms with Crippen LogP contribution in [0.15, 0.2) is 29.2 Å². The summed E-state index contributed by atoms with van der Waals surface area (Å²) in [5, 5.41) is 0. The number of thiol groups is 1. The highest BCUT2D eigenvalue weighted by Crippen LogP contribution is 2.31. The molecule has 0 aliphatic heterocycles. The smallest absolute Gasteiger partial charge is 0.338 e. The van der Waals surface area contributed by atoms with Gasteiger partial charge in [-0.15, -0.1) is 12.6 Å². The van der Waals surface area contributed by atoms with Gasteiger partial charge in [-0.3, -0.25) is 0 Å². The van der Waals surface area contributed by atoms with Gasteiger partial charge in [0.2, 0.25) is 0 Å². The Morgan fingerprint density at radius 3 is 2.44 bits per heavy atom. The van der Waals surface area contributed by atoms with Crippen molar-refractivity contribution in [2.75, 3.05) is 0 Å². The minimum Gasteiger partial charge on any atom is -0.459 e. The average Bonchev–Trinajstić information content (AvgIpc) is 2.34. The van der Waals surface area contributed by atoms with Crippen molar-refractivity contribution < 1.29 is 9.53 Å². The van der Waals surface area contributed by atoms with Crippen LogP contribution in [0.4, 0.5) is 0 Å². The zero-order valence-electron chi connectivity index (χ0n) is 10.9. The van der Waals surface area contributed by atoms with E-state index < -0.39 is 0 Å². The largest absolute Gasteiger partial charge is 0.459 e. The highest BCUT2D eigenvalue weighted by Gasteiger charge is 2.27. The Balaban J connectivity index is 1.93. The molecule has 0 N–H and O–H groups in total. The first-order valence-corrected chi connectivity index (χ1v) is 7.01. The molecule has 1 aliphatic rings. The summed E-state index contributed by atoms with van der Waals surface area (Å²) >= 11 is 4.20. The molecule has 2 rings (SSSR count). The number of rotatable bonds is 2. The van der Waals surface area contributed by atoms with E-state index in [0.29, 0.717) is 11.5 Å². The van der Waals surface area contributed by atoms with Gasteiger partial charge in [0, 0.05) is 4.90 Å². The van der Waals surface area contributed by atoms with Crippen LogP contribution in [-0.4, -0.2) is 12.1 Å². The van der Waals surface area contributed by atoms with E-state index in [0.717, 1.165) is 30.1 Å². The molecule has 1 saturated carbocycles. The summed E-state index contributed by atoms with van der Waals surface area (Å²) in [6, 6.07) is 7.15. The van der Waals surface area contributed by atoms with E-state index in [4.69, 9.17) is 4.74 Å². The molecule has 18 heavy (non-hydrogen) atoms. The van der Waals surface area contributed by atoms with Crippen molar-refractivity contribution in [3.63, 3.8) is 0 Å². The highest BCUT2D eigenvalue weighted by atomic mass is 32.1. The van der Waals surface area contributed by atoms with E-state index in [1.807, 2.05) is 12.1 Å². The van der Waals surface area contributed by atoms with Gasteiger partial charge in [-0.2, -0.15) is 0 Å². The van der Waals surface area contributed by atoms with Crippen molar-refractivity contribution in [2.24, 2.45) is 11.8 Å². The van der Waals surface area contributed by atoms with Crippen molar-refractivity contribution in [1.29, 1.82) is 0 Å². The molecule has 3 unspecified atom stereocenters. The van der Waals surface area contributed by atoms with Crippen LogP contribution >= 0.6 is 12.6 Å². The number of hydrogen-bond acceptors (Lipinski definition) is 3. The van der Waals surface area contributed by atoms with Gasteiger partial charge in [0.05, 0.1) is 5.56 Å². The highest BCUT2D eigenvalue weighted by molar-refractivity contribution is 7.80. The molecule has 0 saturated heterocycles. The molecule has 0 heterocycles. The van der Waals surface area contributed by atoms with Gasteiger partial charge in [0.1, 0.15) is 6.10 Å². The van der Waals surface area contributed by atoms with E-state index in [1.54, 1.807) is 12.1 Å². The van der Waals surface area contributed by atoms with Gasteiger partial charge in [-0.25, -0.2) is 4.79 Å². The van der Waals surface area contributed by atoms with Crippen molar-refractivity contribution in [2.45, 2.75) is 44.1 Å². The molecule has 0 radical (unpaired) electrons. The second-order valence-corrected chi connectivity index (χ2v) is 5.86. The fourth-order valence-electron chi connectivity index (χ4n) is 2.42. The number of esters is 1. The van der Waals surface area contributed by atoms with Crippen molar-refractivity contribution in [3.8, 4) is 0 Å². The summed E-state index contributed by atoms with van der Waals surface area (Å²) in [5.41, 5.74) is 0.610. The monoisotopic (exact) mass is 264 g/mol. The summed E-state index contributed by atoms with van der Waals surface area (Å²) in [5.74, 6) is 1.16. The average molecular weight is 264 g/mol. The van der Waals surface area contributed by atoms with Crippen LogP contribution in [0.5, 0.6) is 0 Å². The molecule has 3 atom stereocenters. The van der Waals surface area contributed by atoms with Crippen molar-refractivity contribution in [1.82, 2.24) is 0 Å². The lowest BCUT2D eigenvalue weighted by molar-refractivity contribution is 0.00878. The number of ether oxygens (including phenoxy) is 1. The first-order valence-electron chi connectivity index (χ1n) is 6.56. The SMILES string of the molecule is CC1CCC(OC(=O)c2ccc(S)cc2)CC1C. The molecule has 0 aromatic heterocycles. The lowest BCUT2D eigenvalue weighted by atomic mass is 9.80. The number of benzene rings is 1. The Labute approximate surface area is 114 Å². The van der Waals surface area contributed by atoms with E-state index in [1.165, 1.54) is 0 Å². The Hall–Kier alpha value is -0.960. The van der Waals surface area contributed by atoms with Gasteiger partial charge in [0.15, 0.2) is 0 Å². The number of carbonyl (C=O) groups is 1. The van der Waals surface area contributed by atoms with E-state index in [9.17, 15) is 4.79 Å². The summed E-state index contributed by atoms with van der Waals surface area (Å²) in [6.07, 6.45) is 3.20. The molecule has 0 amide bonds. The number of carbonyl (C=O) groups excluding carboxylic acids is 1. The van der Waals surface area contributed by atoms with Crippen LogP contribution in [0, 0.1) is 11.8 Å². The maximum absolute atomic E-state index is 12.0. The summed E-state index contributed by atoms with van der Waals surface area (Å²) in [4.78, 5) is 12.8. The quantitative estimate of drug-likeness (QED) is 0.646. The second-order valence-electron chi connectivity index (χ2n) is 5.34. The summed E-state index contributed by atoms with van der Waals surface area (Å²) in [6.45, 7) is 4.51. The molecule has 1 aliphatic carbocycles. The molecule has 1 aromatic rings. The molecule has 0 spiro atoms. The second kappa shape index (κ2) is 5.79. The normalized spacial score (nSPS) is 27.8. The maximum atomic E-state index is 12.0. The molecule has 98 valence electrons. The van der Waals surface area contributed by atoms with Gasteiger partial charge < -0.3 is 4.74 Å².